The zero-order valence-corrected chi connectivity index (χ0v) is 15.3. The summed E-state index contributed by atoms with van der Waals surface area (Å²) in [6, 6.07) is 18.4. The van der Waals surface area contributed by atoms with Crippen molar-refractivity contribution in [3.63, 3.8) is 0 Å². The Morgan fingerprint density at radius 1 is 0.875 bits per heavy atom. The molecule has 0 aliphatic heterocycles. The van der Waals surface area contributed by atoms with Crippen molar-refractivity contribution in [2.24, 2.45) is 0 Å². The van der Waals surface area contributed by atoms with Crippen LogP contribution in [0.1, 0.15) is 43.7 Å². The number of hydrogen-bond donors (Lipinski definition) is 1. The Hall–Kier alpha value is -1.83. The van der Waals surface area contributed by atoms with Gasteiger partial charge in [-0.15, -0.1) is 0 Å². The summed E-state index contributed by atoms with van der Waals surface area (Å²) in [5.41, 5.74) is 2.42. The Bertz CT molecular complexity index is 895. The molecule has 2 nitrogen and oxygen atoms in total. The summed E-state index contributed by atoms with van der Waals surface area (Å²) in [6.07, 6.45) is 6.28. The molecular formula is C21H21NOSe. The molecule has 0 bridgehead atoms. The van der Waals surface area contributed by atoms with E-state index in [0.29, 0.717) is 5.92 Å². The third-order valence-electron chi connectivity index (χ3n) is 4.87. The molecule has 0 atom stereocenters. The molecule has 4 rings (SSSR count). The fraction of sp³-hybridized carbons (Fsp3) is 0.286. The van der Waals surface area contributed by atoms with E-state index in [9.17, 15) is 4.79 Å². The topological polar surface area (TPSA) is 32.9 Å². The van der Waals surface area contributed by atoms with Gasteiger partial charge < -0.3 is 0 Å². The number of aromatic amines is 1. The van der Waals surface area contributed by atoms with Crippen molar-refractivity contribution in [2.45, 2.75) is 38.0 Å². The van der Waals surface area contributed by atoms with Gasteiger partial charge in [0.25, 0.3) is 0 Å². The summed E-state index contributed by atoms with van der Waals surface area (Å²) in [4.78, 5) is 16.8. The summed E-state index contributed by atoms with van der Waals surface area (Å²) in [5, 5.41) is 0.824. The van der Waals surface area contributed by atoms with Crippen molar-refractivity contribution >= 4 is 34.8 Å². The second-order valence-corrected chi connectivity index (χ2v) is 8.77. The predicted octanol–water partition coefficient (Wildman–Crippen LogP) is 3.23. The summed E-state index contributed by atoms with van der Waals surface area (Å²) < 4.78 is 2.29. The van der Waals surface area contributed by atoms with Gasteiger partial charge in [-0.25, -0.2) is 0 Å². The fourth-order valence-corrected chi connectivity index (χ4v) is 5.85. The molecule has 24 heavy (non-hydrogen) atoms. The maximum absolute atomic E-state index is 13.2. The molecule has 3 aromatic rings. The fourth-order valence-electron chi connectivity index (χ4n) is 3.62. The number of benzene rings is 2. The molecule has 0 unspecified atom stereocenters. The third-order valence-corrected chi connectivity index (χ3v) is 7.21. The zero-order valence-electron chi connectivity index (χ0n) is 13.6. The van der Waals surface area contributed by atoms with Crippen LogP contribution in [0.2, 0.25) is 0 Å². The number of hydrogen-bond acceptors (Lipinski definition) is 1. The average Bonchev–Trinajstić information content (AvgIpc) is 2.65. The normalized spacial score (nSPS) is 15.7. The van der Waals surface area contributed by atoms with Crippen LogP contribution >= 0.6 is 0 Å². The van der Waals surface area contributed by atoms with Gasteiger partial charge in [0.05, 0.1) is 0 Å². The molecular weight excluding hydrogens is 361 g/mol. The van der Waals surface area contributed by atoms with Crippen molar-refractivity contribution < 1.29 is 0 Å². The van der Waals surface area contributed by atoms with Gasteiger partial charge in [0.2, 0.25) is 0 Å². The van der Waals surface area contributed by atoms with Crippen molar-refractivity contribution in [3.8, 4) is 0 Å². The van der Waals surface area contributed by atoms with E-state index in [1.165, 1.54) is 42.3 Å². The molecule has 1 heterocycles. The molecule has 0 radical (unpaired) electrons. The first-order valence-electron chi connectivity index (χ1n) is 8.71. The van der Waals surface area contributed by atoms with Gasteiger partial charge in [0.1, 0.15) is 0 Å². The molecule has 2 aromatic carbocycles. The van der Waals surface area contributed by atoms with Crippen LogP contribution < -0.4 is 14.4 Å². The van der Waals surface area contributed by atoms with Gasteiger partial charge in [0, 0.05) is 0 Å². The molecule has 1 aromatic heterocycles. The first-order valence-corrected chi connectivity index (χ1v) is 10.4. The van der Waals surface area contributed by atoms with Gasteiger partial charge in [-0.2, -0.15) is 0 Å². The standard InChI is InChI=1S/C21H21NOSe/c23-20-17-13-7-8-14-18(17)22-19(15-9-3-1-4-10-15)21(20)24-16-11-5-2-6-12-16/h2,5-8,11-15H,1,3-4,9-10H2,(H,22,23). The number of H-pyrrole nitrogens is 1. The Kier molecular flexibility index (Phi) is 4.55. The second kappa shape index (κ2) is 6.96. The van der Waals surface area contributed by atoms with Gasteiger partial charge in [0.15, 0.2) is 0 Å². The number of aromatic nitrogens is 1. The molecule has 1 saturated carbocycles. The maximum atomic E-state index is 13.2. The van der Waals surface area contributed by atoms with E-state index in [-0.39, 0.29) is 20.4 Å². The molecule has 122 valence electrons. The SMILES string of the molecule is O=c1c([Se]c2ccccc2)c(C2CCCCC2)[nH]c2ccccc12. The van der Waals surface area contributed by atoms with Crippen LogP contribution in [0.25, 0.3) is 10.9 Å². The molecule has 1 aliphatic carbocycles. The second-order valence-electron chi connectivity index (χ2n) is 6.49. The summed E-state index contributed by atoms with van der Waals surface area (Å²) in [5.74, 6) is 0.511. The number of para-hydroxylation sites is 1. The van der Waals surface area contributed by atoms with Crippen LogP contribution in [0.15, 0.2) is 59.4 Å². The monoisotopic (exact) mass is 383 g/mol. The van der Waals surface area contributed by atoms with Crippen molar-refractivity contribution in [1.82, 2.24) is 4.98 Å². The number of nitrogens with one attached hydrogen (secondary N) is 1. The van der Waals surface area contributed by atoms with E-state index in [4.69, 9.17) is 0 Å². The molecule has 3 heteroatoms. The van der Waals surface area contributed by atoms with Crippen LogP contribution in [0, 0.1) is 0 Å². The van der Waals surface area contributed by atoms with Gasteiger partial charge in [-0.1, -0.05) is 0 Å². The Labute approximate surface area is 148 Å². The quantitative estimate of drug-likeness (QED) is 0.694. The first-order chi connectivity index (χ1) is 11.8. The van der Waals surface area contributed by atoms with E-state index in [1.807, 2.05) is 30.3 Å². The van der Waals surface area contributed by atoms with Crippen molar-refractivity contribution in [2.75, 3.05) is 0 Å². The van der Waals surface area contributed by atoms with Crippen molar-refractivity contribution in [1.29, 1.82) is 0 Å². The molecule has 0 saturated heterocycles. The Morgan fingerprint density at radius 3 is 2.38 bits per heavy atom. The van der Waals surface area contributed by atoms with E-state index >= 15 is 0 Å². The van der Waals surface area contributed by atoms with Crippen LogP contribution in [0.5, 0.6) is 0 Å². The Morgan fingerprint density at radius 2 is 1.58 bits per heavy atom. The Balaban J connectivity index is 1.87. The zero-order chi connectivity index (χ0) is 16.4. The number of rotatable bonds is 3. The van der Waals surface area contributed by atoms with E-state index < -0.39 is 0 Å². The van der Waals surface area contributed by atoms with E-state index in [1.54, 1.807) is 0 Å². The van der Waals surface area contributed by atoms with Gasteiger partial charge >= 0.3 is 148 Å². The van der Waals surface area contributed by atoms with Gasteiger partial charge in [-0.05, 0) is 0 Å². The molecule has 1 N–H and O–H groups in total. The molecule has 0 amide bonds. The van der Waals surface area contributed by atoms with Crippen LogP contribution in [0.3, 0.4) is 0 Å². The predicted molar refractivity (Wildman–Crippen MR) is 102 cm³/mol. The number of pyridine rings is 1. The number of fused-ring (bicyclic) bond motifs is 1. The van der Waals surface area contributed by atoms with Crippen LogP contribution in [-0.2, 0) is 0 Å². The summed E-state index contributed by atoms with van der Waals surface area (Å²) >= 11 is 0.0473. The average molecular weight is 382 g/mol. The summed E-state index contributed by atoms with van der Waals surface area (Å²) in [6.45, 7) is 0. The van der Waals surface area contributed by atoms with Crippen molar-refractivity contribution in [3.05, 3.63) is 70.5 Å². The van der Waals surface area contributed by atoms with Crippen LogP contribution in [0.4, 0.5) is 0 Å². The minimum absolute atomic E-state index is 0.0473. The third kappa shape index (κ3) is 3.07. The van der Waals surface area contributed by atoms with E-state index in [2.05, 4.69) is 29.2 Å². The minimum atomic E-state index is 0.0473. The van der Waals surface area contributed by atoms with Gasteiger partial charge in [-0.3, -0.25) is 0 Å². The van der Waals surface area contributed by atoms with E-state index in [0.717, 1.165) is 15.4 Å². The van der Waals surface area contributed by atoms with Crippen LogP contribution in [-0.4, -0.2) is 19.9 Å². The molecule has 0 spiro atoms. The molecule has 1 aliphatic rings. The first kappa shape index (κ1) is 15.7. The summed E-state index contributed by atoms with van der Waals surface area (Å²) in [7, 11) is 0. The molecule has 1 fully saturated rings.